The Morgan fingerprint density at radius 1 is 1.25 bits per heavy atom. The molecule has 118 valence electrons. The minimum Gasteiger partial charge on any atom is -0.459 e. The van der Waals surface area contributed by atoms with Crippen LogP contribution in [0.4, 0.5) is 0 Å². The van der Waals surface area contributed by atoms with E-state index in [1.165, 1.54) is 0 Å². The van der Waals surface area contributed by atoms with Crippen molar-refractivity contribution < 1.29 is 19.1 Å². The fraction of sp³-hybridized carbons (Fsp3) is 0.933. The zero-order valence-corrected chi connectivity index (χ0v) is 15.1. The molecule has 0 amide bonds. The van der Waals surface area contributed by atoms with Crippen LogP contribution in [-0.4, -0.2) is 37.7 Å². The van der Waals surface area contributed by atoms with Gasteiger partial charge < -0.3 is 14.3 Å². The topological polar surface area (TPSA) is 55.8 Å². The zero-order valence-electron chi connectivity index (χ0n) is 14.1. The maximum atomic E-state index is 11.9. The fourth-order valence-electron chi connectivity index (χ4n) is 2.38. The Morgan fingerprint density at radius 2 is 1.75 bits per heavy atom. The van der Waals surface area contributed by atoms with E-state index in [-0.39, 0.29) is 23.0 Å². The van der Waals surface area contributed by atoms with Crippen molar-refractivity contribution in [2.24, 2.45) is 11.8 Å². The Morgan fingerprint density at radius 3 is 2.10 bits per heavy atom. The van der Waals surface area contributed by atoms with Gasteiger partial charge in [0, 0.05) is 5.92 Å². The average molecular weight is 302 g/mol. The van der Waals surface area contributed by atoms with Gasteiger partial charge in [0.25, 0.3) is 0 Å². The van der Waals surface area contributed by atoms with Gasteiger partial charge in [-0.2, -0.15) is 0 Å². The van der Waals surface area contributed by atoms with Gasteiger partial charge in [-0.05, 0) is 32.0 Å². The molecule has 0 aromatic carbocycles. The minimum atomic E-state index is -1.85. The van der Waals surface area contributed by atoms with Gasteiger partial charge in [0.1, 0.15) is 6.10 Å². The molecule has 1 saturated heterocycles. The third-order valence-corrected chi connectivity index (χ3v) is 9.31. The smallest absolute Gasteiger partial charge is 0.312 e. The Balaban J connectivity index is 2.71. The van der Waals surface area contributed by atoms with Crippen LogP contribution >= 0.6 is 0 Å². The molecule has 0 bridgehead atoms. The molecule has 0 saturated carbocycles. The maximum absolute atomic E-state index is 11.9. The molecule has 0 radical (unpaired) electrons. The standard InChI is InChI=1S/C15H30O4Si/c1-10-11(9-18-20(7,8)14(2,3)4)19-13(16)12(10)15(5,6)17/h10-12,17H,9H2,1-8H3/t10-,11-,12+/m1/s1. The highest BCUT2D eigenvalue weighted by molar-refractivity contribution is 6.74. The van der Waals surface area contributed by atoms with Crippen LogP contribution in [-0.2, 0) is 14.0 Å². The summed E-state index contributed by atoms with van der Waals surface area (Å²) in [5, 5.41) is 10.2. The predicted octanol–water partition coefficient (Wildman–Crippen LogP) is 2.96. The molecule has 0 aromatic rings. The number of aliphatic hydroxyl groups is 1. The van der Waals surface area contributed by atoms with Crippen LogP contribution in [0.5, 0.6) is 0 Å². The van der Waals surface area contributed by atoms with Gasteiger partial charge in [0.15, 0.2) is 8.32 Å². The van der Waals surface area contributed by atoms with Gasteiger partial charge >= 0.3 is 5.97 Å². The van der Waals surface area contributed by atoms with Crippen molar-refractivity contribution in [2.45, 2.75) is 71.4 Å². The first-order chi connectivity index (χ1) is 8.77. The predicted molar refractivity (Wildman–Crippen MR) is 82.0 cm³/mol. The summed E-state index contributed by atoms with van der Waals surface area (Å²) in [7, 11) is -1.85. The number of cyclic esters (lactones) is 1. The van der Waals surface area contributed by atoms with E-state index in [1.807, 2.05) is 6.92 Å². The molecule has 1 N–H and O–H groups in total. The largest absolute Gasteiger partial charge is 0.459 e. The first-order valence-electron chi connectivity index (χ1n) is 7.34. The summed E-state index contributed by atoms with van der Waals surface area (Å²) < 4.78 is 11.6. The van der Waals surface area contributed by atoms with Crippen LogP contribution in [0, 0.1) is 11.8 Å². The SMILES string of the molecule is C[C@H]1[C@H](C(C)(C)O)C(=O)O[C@@H]1CO[Si](C)(C)C(C)(C)C. The highest BCUT2D eigenvalue weighted by Gasteiger charge is 2.50. The monoisotopic (exact) mass is 302 g/mol. The molecule has 20 heavy (non-hydrogen) atoms. The summed E-state index contributed by atoms with van der Waals surface area (Å²) in [6.45, 7) is 16.6. The van der Waals surface area contributed by atoms with E-state index in [2.05, 4.69) is 33.9 Å². The van der Waals surface area contributed by atoms with Crippen LogP contribution in [0.3, 0.4) is 0 Å². The summed E-state index contributed by atoms with van der Waals surface area (Å²) in [6.07, 6.45) is -0.256. The molecule has 0 unspecified atom stereocenters. The summed E-state index contributed by atoms with van der Waals surface area (Å²) in [4.78, 5) is 11.9. The second kappa shape index (κ2) is 5.43. The van der Waals surface area contributed by atoms with Crippen molar-refractivity contribution in [3.8, 4) is 0 Å². The van der Waals surface area contributed by atoms with Gasteiger partial charge in [0.2, 0.25) is 0 Å². The van der Waals surface area contributed by atoms with E-state index < -0.39 is 19.8 Å². The zero-order chi connectivity index (χ0) is 15.9. The van der Waals surface area contributed by atoms with Gasteiger partial charge in [-0.15, -0.1) is 0 Å². The van der Waals surface area contributed by atoms with Crippen LogP contribution < -0.4 is 0 Å². The van der Waals surface area contributed by atoms with Crippen molar-refractivity contribution in [3.05, 3.63) is 0 Å². The maximum Gasteiger partial charge on any atom is 0.312 e. The summed E-state index contributed by atoms with van der Waals surface area (Å²) in [6, 6.07) is 0. The van der Waals surface area contributed by atoms with Gasteiger partial charge in [-0.1, -0.05) is 27.7 Å². The summed E-state index contributed by atoms with van der Waals surface area (Å²) >= 11 is 0. The Labute approximate surface area is 124 Å². The van der Waals surface area contributed by atoms with E-state index in [0.717, 1.165) is 0 Å². The quantitative estimate of drug-likeness (QED) is 0.641. The van der Waals surface area contributed by atoms with Gasteiger partial charge in [-0.25, -0.2) is 0 Å². The highest BCUT2D eigenvalue weighted by atomic mass is 28.4. The highest BCUT2D eigenvalue weighted by Crippen LogP contribution is 2.39. The first-order valence-corrected chi connectivity index (χ1v) is 10.2. The van der Waals surface area contributed by atoms with Crippen LogP contribution in [0.1, 0.15) is 41.5 Å². The number of carbonyl (C=O) groups excluding carboxylic acids is 1. The van der Waals surface area contributed by atoms with E-state index in [0.29, 0.717) is 6.61 Å². The average Bonchev–Trinajstić information content (AvgIpc) is 2.48. The summed E-state index contributed by atoms with van der Waals surface area (Å²) in [5.41, 5.74) is -1.05. The van der Waals surface area contributed by atoms with E-state index in [4.69, 9.17) is 9.16 Å². The lowest BCUT2D eigenvalue weighted by Gasteiger charge is -2.37. The van der Waals surface area contributed by atoms with Crippen LogP contribution in [0.25, 0.3) is 0 Å². The van der Waals surface area contributed by atoms with E-state index in [1.54, 1.807) is 13.8 Å². The number of esters is 1. The van der Waals surface area contributed by atoms with Crippen molar-refractivity contribution in [1.29, 1.82) is 0 Å². The molecular formula is C15H30O4Si. The number of hydrogen-bond acceptors (Lipinski definition) is 4. The molecule has 0 spiro atoms. The molecule has 1 aliphatic heterocycles. The van der Waals surface area contributed by atoms with Crippen molar-refractivity contribution in [2.75, 3.05) is 6.61 Å². The van der Waals surface area contributed by atoms with Crippen molar-refractivity contribution >= 4 is 14.3 Å². The molecule has 0 aliphatic carbocycles. The lowest BCUT2D eigenvalue weighted by molar-refractivity contribution is -0.150. The second-order valence-electron chi connectivity index (χ2n) is 8.04. The minimum absolute atomic E-state index is 0.0349. The third kappa shape index (κ3) is 3.62. The third-order valence-electron chi connectivity index (χ3n) is 4.81. The normalized spacial score (nSPS) is 28.6. The molecular weight excluding hydrogens is 272 g/mol. The van der Waals surface area contributed by atoms with Crippen molar-refractivity contribution in [3.63, 3.8) is 0 Å². The van der Waals surface area contributed by atoms with Crippen molar-refractivity contribution in [1.82, 2.24) is 0 Å². The molecule has 1 fully saturated rings. The molecule has 0 aromatic heterocycles. The van der Waals surface area contributed by atoms with E-state index >= 15 is 0 Å². The Kier molecular flexibility index (Phi) is 4.79. The lowest BCUT2D eigenvalue weighted by atomic mass is 9.81. The molecule has 3 atom stereocenters. The number of hydrogen-bond donors (Lipinski definition) is 1. The molecule has 1 aliphatic rings. The van der Waals surface area contributed by atoms with Crippen LogP contribution in [0.2, 0.25) is 18.1 Å². The van der Waals surface area contributed by atoms with Crippen LogP contribution in [0.15, 0.2) is 0 Å². The fourth-order valence-corrected chi connectivity index (χ4v) is 3.40. The van der Waals surface area contributed by atoms with Gasteiger partial charge in [0.05, 0.1) is 18.1 Å². The Bertz CT molecular complexity index is 365. The molecule has 1 rings (SSSR count). The van der Waals surface area contributed by atoms with Gasteiger partial charge in [-0.3, -0.25) is 4.79 Å². The number of carbonyl (C=O) groups is 1. The molecule has 5 heteroatoms. The van der Waals surface area contributed by atoms with E-state index in [9.17, 15) is 9.90 Å². The second-order valence-corrected chi connectivity index (χ2v) is 12.8. The number of ether oxygens (including phenoxy) is 1. The number of rotatable bonds is 4. The lowest BCUT2D eigenvalue weighted by Crippen LogP contribution is -2.44. The Hall–Kier alpha value is -0.393. The molecule has 1 heterocycles. The molecule has 4 nitrogen and oxygen atoms in total. The first kappa shape index (κ1) is 17.7. The summed E-state index contributed by atoms with van der Waals surface area (Å²) in [5.74, 6) is -0.823.